The summed E-state index contributed by atoms with van der Waals surface area (Å²) in [5, 5.41) is 38.0. The van der Waals surface area contributed by atoms with E-state index in [1.807, 2.05) is 0 Å². The van der Waals surface area contributed by atoms with Crippen LogP contribution in [0.2, 0.25) is 0 Å². The van der Waals surface area contributed by atoms with Crippen LogP contribution in [0.25, 0.3) is 0 Å². The van der Waals surface area contributed by atoms with E-state index < -0.39 is 36.6 Å². The lowest BCUT2D eigenvalue weighted by molar-refractivity contribution is -0.235. The first-order valence-corrected chi connectivity index (χ1v) is 4.32. The molecule has 0 spiro atoms. The van der Waals surface area contributed by atoms with Gasteiger partial charge in [-0.2, -0.15) is 0 Å². The van der Waals surface area contributed by atoms with Crippen LogP contribution in [0.3, 0.4) is 0 Å². The summed E-state index contributed by atoms with van der Waals surface area (Å²) in [5.74, 6) is 0. The summed E-state index contributed by atoms with van der Waals surface area (Å²) in [5.41, 5.74) is 0. The lowest BCUT2D eigenvalue weighted by atomic mass is 9.85. The molecule has 6 nitrogen and oxygen atoms in total. The van der Waals surface area contributed by atoms with Crippen molar-refractivity contribution in [3.63, 3.8) is 0 Å². The fraction of sp³-hybridized carbons (Fsp3) is 1.00. The van der Waals surface area contributed by atoms with Crippen LogP contribution in [0.5, 0.6) is 0 Å². The van der Waals surface area contributed by atoms with Crippen LogP contribution < -0.4 is 0 Å². The van der Waals surface area contributed by atoms with E-state index in [1.54, 1.807) is 0 Å². The smallest absolute Gasteiger partial charge is 0.114 e. The molecule has 1 rings (SSSR count). The average Bonchev–Trinajstić information content (AvgIpc) is 2.17. The maximum atomic E-state index is 9.50. The van der Waals surface area contributed by atoms with E-state index in [0.717, 1.165) is 0 Å². The minimum absolute atomic E-state index is 1.01. The first-order valence-electron chi connectivity index (χ1n) is 4.32. The van der Waals surface area contributed by atoms with Crippen LogP contribution in [0, 0.1) is 0 Å². The Bertz CT molecular complexity index is 151. The summed E-state index contributed by atoms with van der Waals surface area (Å²) < 4.78 is 9.55. The third-order valence-corrected chi connectivity index (χ3v) is 2.59. The van der Waals surface area contributed by atoms with Gasteiger partial charge in [0.2, 0.25) is 0 Å². The zero-order chi connectivity index (χ0) is 10.9. The molecule has 14 heavy (non-hydrogen) atoms. The zero-order valence-corrected chi connectivity index (χ0v) is 8.07. The Morgan fingerprint density at radius 3 is 1.00 bits per heavy atom. The van der Waals surface area contributed by atoms with Crippen molar-refractivity contribution in [3.8, 4) is 0 Å². The SMILES string of the molecule is CO[C@@H]1[C@H](O)[C@@H](O)[C@H](OC)[C@@H](O)[C@@H]1O. The largest absolute Gasteiger partial charge is 0.387 e. The van der Waals surface area contributed by atoms with Crippen molar-refractivity contribution in [1.29, 1.82) is 0 Å². The third-order valence-electron chi connectivity index (χ3n) is 2.59. The number of rotatable bonds is 2. The molecule has 0 amide bonds. The lowest BCUT2D eigenvalue weighted by Gasteiger charge is -2.42. The van der Waals surface area contributed by atoms with Crippen molar-refractivity contribution in [3.05, 3.63) is 0 Å². The molecule has 84 valence electrons. The summed E-state index contributed by atoms with van der Waals surface area (Å²) in [4.78, 5) is 0. The Balaban J connectivity index is 2.81. The maximum Gasteiger partial charge on any atom is 0.114 e. The first kappa shape index (κ1) is 11.8. The molecule has 6 heteroatoms. The second-order valence-electron chi connectivity index (χ2n) is 3.36. The van der Waals surface area contributed by atoms with Crippen LogP contribution in [0.1, 0.15) is 0 Å². The number of hydrogen-bond donors (Lipinski definition) is 4. The normalized spacial score (nSPS) is 49.3. The van der Waals surface area contributed by atoms with Crippen LogP contribution in [-0.4, -0.2) is 71.3 Å². The van der Waals surface area contributed by atoms with Crippen LogP contribution >= 0.6 is 0 Å². The van der Waals surface area contributed by atoms with E-state index in [0.29, 0.717) is 0 Å². The van der Waals surface area contributed by atoms with Crippen molar-refractivity contribution in [2.75, 3.05) is 14.2 Å². The maximum absolute atomic E-state index is 9.50. The molecule has 1 saturated carbocycles. The van der Waals surface area contributed by atoms with Gasteiger partial charge in [0.25, 0.3) is 0 Å². The number of aliphatic hydroxyl groups excluding tert-OH is 4. The molecule has 6 atom stereocenters. The van der Waals surface area contributed by atoms with Gasteiger partial charge in [0.15, 0.2) is 0 Å². The first-order chi connectivity index (χ1) is 6.54. The molecule has 0 bridgehead atoms. The molecule has 0 aromatic heterocycles. The van der Waals surface area contributed by atoms with Gasteiger partial charge in [-0.3, -0.25) is 0 Å². The van der Waals surface area contributed by atoms with Gasteiger partial charge >= 0.3 is 0 Å². The minimum Gasteiger partial charge on any atom is -0.387 e. The summed E-state index contributed by atoms with van der Waals surface area (Å²) in [6.07, 6.45) is -7.11. The van der Waals surface area contributed by atoms with Crippen molar-refractivity contribution in [1.82, 2.24) is 0 Å². The van der Waals surface area contributed by atoms with Gasteiger partial charge in [-0.05, 0) is 0 Å². The monoisotopic (exact) mass is 208 g/mol. The Hall–Kier alpha value is -0.240. The quantitative estimate of drug-likeness (QED) is 0.399. The van der Waals surface area contributed by atoms with E-state index in [4.69, 9.17) is 9.47 Å². The molecule has 1 aliphatic rings. The van der Waals surface area contributed by atoms with Gasteiger partial charge in [-0.15, -0.1) is 0 Å². The fourth-order valence-corrected chi connectivity index (χ4v) is 1.74. The summed E-state index contributed by atoms with van der Waals surface area (Å²) >= 11 is 0. The van der Waals surface area contributed by atoms with Gasteiger partial charge in [-0.25, -0.2) is 0 Å². The second-order valence-corrected chi connectivity index (χ2v) is 3.36. The van der Waals surface area contributed by atoms with Crippen molar-refractivity contribution in [2.45, 2.75) is 36.6 Å². The van der Waals surface area contributed by atoms with E-state index >= 15 is 0 Å². The number of hydrogen-bond acceptors (Lipinski definition) is 6. The van der Waals surface area contributed by atoms with E-state index in [2.05, 4.69) is 0 Å². The molecular weight excluding hydrogens is 192 g/mol. The van der Waals surface area contributed by atoms with Gasteiger partial charge in [0, 0.05) is 14.2 Å². The number of ether oxygens (including phenoxy) is 2. The van der Waals surface area contributed by atoms with Gasteiger partial charge in [0.05, 0.1) is 0 Å². The summed E-state index contributed by atoms with van der Waals surface area (Å²) in [7, 11) is 2.56. The molecule has 0 radical (unpaired) electrons. The number of aliphatic hydroxyl groups is 4. The van der Waals surface area contributed by atoms with Crippen LogP contribution in [0.4, 0.5) is 0 Å². The van der Waals surface area contributed by atoms with Gasteiger partial charge < -0.3 is 29.9 Å². The molecule has 4 N–H and O–H groups in total. The van der Waals surface area contributed by atoms with Crippen LogP contribution in [0.15, 0.2) is 0 Å². The molecule has 0 saturated heterocycles. The summed E-state index contributed by atoms with van der Waals surface area (Å²) in [6.45, 7) is 0. The standard InChI is InChI=1S/C8H16O6/c1-13-7-3(9)5(11)8(14-2)6(12)4(7)10/h3-12H,1-2H3/t3-,4+,5-,6+,7-,8+. The molecule has 1 aliphatic carbocycles. The zero-order valence-electron chi connectivity index (χ0n) is 8.07. The Kier molecular flexibility index (Phi) is 3.82. The predicted octanol–water partition coefficient (Wildman–Crippen LogP) is -2.53. The highest BCUT2D eigenvalue weighted by molar-refractivity contribution is 4.99. The second kappa shape index (κ2) is 4.52. The highest BCUT2D eigenvalue weighted by atomic mass is 16.5. The van der Waals surface area contributed by atoms with Crippen molar-refractivity contribution >= 4 is 0 Å². The fourth-order valence-electron chi connectivity index (χ4n) is 1.74. The average molecular weight is 208 g/mol. The molecule has 0 aromatic rings. The van der Waals surface area contributed by atoms with E-state index in [1.165, 1.54) is 14.2 Å². The molecule has 0 heterocycles. The highest BCUT2D eigenvalue weighted by Crippen LogP contribution is 2.24. The molecular formula is C8H16O6. The highest BCUT2D eigenvalue weighted by Gasteiger charge is 2.49. The molecule has 1 fully saturated rings. The van der Waals surface area contributed by atoms with E-state index in [-0.39, 0.29) is 0 Å². The Morgan fingerprint density at radius 2 is 0.857 bits per heavy atom. The molecule has 0 unspecified atom stereocenters. The van der Waals surface area contributed by atoms with Crippen molar-refractivity contribution in [2.24, 2.45) is 0 Å². The molecule has 0 aliphatic heterocycles. The van der Waals surface area contributed by atoms with Gasteiger partial charge in [0.1, 0.15) is 36.6 Å². The number of methoxy groups -OCH3 is 2. The van der Waals surface area contributed by atoms with Gasteiger partial charge in [-0.1, -0.05) is 0 Å². The Morgan fingerprint density at radius 1 is 0.643 bits per heavy atom. The van der Waals surface area contributed by atoms with Crippen LogP contribution in [-0.2, 0) is 9.47 Å². The summed E-state index contributed by atoms with van der Waals surface area (Å²) in [6, 6.07) is 0. The third kappa shape index (κ3) is 1.77. The topological polar surface area (TPSA) is 99.4 Å². The lowest BCUT2D eigenvalue weighted by Crippen LogP contribution is -2.64. The Labute approximate surface area is 81.7 Å². The molecule has 0 aromatic carbocycles. The van der Waals surface area contributed by atoms with Crippen molar-refractivity contribution < 1.29 is 29.9 Å². The van der Waals surface area contributed by atoms with E-state index in [9.17, 15) is 20.4 Å². The minimum atomic E-state index is -1.27. The predicted molar refractivity (Wildman–Crippen MR) is 45.6 cm³/mol.